The molecule has 1 aliphatic carbocycles. The van der Waals surface area contributed by atoms with Gasteiger partial charge in [-0.1, -0.05) is 0 Å². The van der Waals surface area contributed by atoms with E-state index in [1.165, 1.54) is 23.8 Å². The minimum absolute atomic E-state index is 0.194. The molecule has 1 heterocycles. The van der Waals surface area contributed by atoms with Crippen molar-refractivity contribution in [2.24, 2.45) is 0 Å². The molecule has 1 N–H and O–H groups in total. The standard InChI is InChI=1S/C19H21BrN2O3S/c1-3-25-18-13(20)10-12(11-15(18)24-2)8-9-17(23)22-19-21-14-6-4-5-7-16(14)26-19/h8-11H,3-7H2,1-2H3,(H,21,22,23)/b9-8+. The van der Waals surface area contributed by atoms with Gasteiger partial charge in [0.05, 0.1) is 23.9 Å². The molecule has 0 aliphatic heterocycles. The topological polar surface area (TPSA) is 60.5 Å². The van der Waals surface area contributed by atoms with Crippen LogP contribution in [0.1, 0.15) is 35.9 Å². The van der Waals surface area contributed by atoms with Crippen LogP contribution in [0.2, 0.25) is 0 Å². The van der Waals surface area contributed by atoms with Crippen molar-refractivity contribution in [2.75, 3.05) is 19.0 Å². The van der Waals surface area contributed by atoms with Gasteiger partial charge in [-0.25, -0.2) is 4.98 Å². The lowest BCUT2D eigenvalue weighted by Gasteiger charge is -2.12. The molecule has 0 atom stereocenters. The summed E-state index contributed by atoms with van der Waals surface area (Å²) in [6, 6.07) is 3.72. The van der Waals surface area contributed by atoms with Crippen LogP contribution in [0.3, 0.4) is 0 Å². The lowest BCUT2D eigenvalue weighted by molar-refractivity contribution is -0.111. The molecule has 7 heteroatoms. The van der Waals surface area contributed by atoms with Gasteiger partial charge in [-0.15, -0.1) is 11.3 Å². The highest BCUT2D eigenvalue weighted by Crippen LogP contribution is 2.37. The zero-order valence-corrected chi connectivity index (χ0v) is 17.2. The number of fused-ring (bicyclic) bond motifs is 1. The summed E-state index contributed by atoms with van der Waals surface area (Å²) in [4.78, 5) is 18.0. The van der Waals surface area contributed by atoms with Crippen molar-refractivity contribution >= 4 is 44.4 Å². The average molecular weight is 437 g/mol. The van der Waals surface area contributed by atoms with E-state index < -0.39 is 0 Å². The maximum Gasteiger partial charge on any atom is 0.250 e. The number of amides is 1. The van der Waals surface area contributed by atoms with Crippen LogP contribution in [0.15, 0.2) is 22.7 Å². The fourth-order valence-electron chi connectivity index (χ4n) is 2.84. The third-order valence-electron chi connectivity index (χ3n) is 4.04. The van der Waals surface area contributed by atoms with Gasteiger partial charge in [0.1, 0.15) is 0 Å². The number of nitrogens with zero attached hydrogens (tertiary/aromatic N) is 1. The van der Waals surface area contributed by atoms with E-state index in [9.17, 15) is 4.79 Å². The number of aromatic nitrogens is 1. The maximum atomic E-state index is 12.2. The fraction of sp³-hybridized carbons (Fsp3) is 0.368. The van der Waals surface area contributed by atoms with E-state index in [4.69, 9.17) is 9.47 Å². The second-order valence-corrected chi connectivity index (χ2v) is 7.82. The van der Waals surface area contributed by atoms with Gasteiger partial charge in [-0.3, -0.25) is 10.1 Å². The van der Waals surface area contributed by atoms with Gasteiger partial charge < -0.3 is 9.47 Å². The number of methoxy groups -OCH3 is 1. The molecule has 0 saturated carbocycles. The lowest BCUT2D eigenvalue weighted by Crippen LogP contribution is -2.07. The summed E-state index contributed by atoms with van der Waals surface area (Å²) in [6.07, 6.45) is 7.71. The normalized spacial score (nSPS) is 13.5. The zero-order chi connectivity index (χ0) is 18.5. The molecule has 2 aromatic rings. The number of carbonyl (C=O) groups is 1. The Morgan fingerprint density at radius 3 is 2.92 bits per heavy atom. The molecule has 0 saturated heterocycles. The highest BCUT2D eigenvalue weighted by molar-refractivity contribution is 9.10. The second kappa shape index (κ2) is 8.68. The predicted octanol–water partition coefficient (Wildman–Crippen LogP) is 4.84. The Morgan fingerprint density at radius 2 is 2.19 bits per heavy atom. The van der Waals surface area contributed by atoms with Gasteiger partial charge in [0.25, 0.3) is 0 Å². The monoisotopic (exact) mass is 436 g/mol. The third kappa shape index (κ3) is 4.45. The van der Waals surface area contributed by atoms with Gasteiger partial charge in [0.15, 0.2) is 16.6 Å². The van der Waals surface area contributed by atoms with E-state index in [1.54, 1.807) is 24.5 Å². The van der Waals surface area contributed by atoms with E-state index in [1.807, 2.05) is 19.1 Å². The number of rotatable bonds is 6. The van der Waals surface area contributed by atoms with Crippen LogP contribution in [0.25, 0.3) is 6.08 Å². The lowest BCUT2D eigenvalue weighted by atomic mass is 10.0. The summed E-state index contributed by atoms with van der Waals surface area (Å²) < 4.78 is 11.7. The van der Waals surface area contributed by atoms with Gasteiger partial charge in [-0.2, -0.15) is 0 Å². The van der Waals surface area contributed by atoms with Gasteiger partial charge in [-0.05, 0) is 72.3 Å². The van der Waals surface area contributed by atoms with Crippen LogP contribution >= 0.6 is 27.3 Å². The number of hydrogen-bond acceptors (Lipinski definition) is 5. The van der Waals surface area contributed by atoms with Crippen molar-refractivity contribution < 1.29 is 14.3 Å². The Kier molecular flexibility index (Phi) is 6.32. The Morgan fingerprint density at radius 1 is 1.38 bits per heavy atom. The predicted molar refractivity (Wildman–Crippen MR) is 108 cm³/mol. The minimum Gasteiger partial charge on any atom is -0.493 e. The molecule has 0 radical (unpaired) electrons. The molecule has 1 aliphatic rings. The van der Waals surface area contributed by atoms with Crippen LogP contribution in [-0.4, -0.2) is 24.6 Å². The van der Waals surface area contributed by atoms with E-state index in [0.717, 1.165) is 28.6 Å². The summed E-state index contributed by atoms with van der Waals surface area (Å²) in [5.41, 5.74) is 1.98. The quantitative estimate of drug-likeness (QED) is 0.657. The Labute approximate surface area is 165 Å². The molecule has 138 valence electrons. The first-order valence-electron chi connectivity index (χ1n) is 8.58. The van der Waals surface area contributed by atoms with Crippen molar-refractivity contribution in [1.82, 2.24) is 4.98 Å². The number of nitrogens with one attached hydrogen (secondary N) is 1. The van der Waals surface area contributed by atoms with E-state index >= 15 is 0 Å². The zero-order valence-electron chi connectivity index (χ0n) is 14.8. The van der Waals surface area contributed by atoms with Gasteiger partial charge >= 0.3 is 0 Å². The van der Waals surface area contributed by atoms with E-state index in [0.29, 0.717) is 23.2 Å². The van der Waals surface area contributed by atoms with Crippen molar-refractivity contribution in [3.05, 3.63) is 38.8 Å². The van der Waals surface area contributed by atoms with Gasteiger partial charge in [0, 0.05) is 11.0 Å². The molecule has 0 fully saturated rings. The molecule has 5 nitrogen and oxygen atoms in total. The Bertz CT molecular complexity index is 809. The summed E-state index contributed by atoms with van der Waals surface area (Å²) in [7, 11) is 1.59. The molecule has 0 bridgehead atoms. The number of thiazole rings is 1. The smallest absolute Gasteiger partial charge is 0.250 e. The highest BCUT2D eigenvalue weighted by atomic mass is 79.9. The highest BCUT2D eigenvalue weighted by Gasteiger charge is 2.16. The number of hydrogen-bond donors (Lipinski definition) is 1. The van der Waals surface area contributed by atoms with Crippen LogP contribution in [0.5, 0.6) is 11.5 Å². The maximum absolute atomic E-state index is 12.2. The van der Waals surface area contributed by atoms with Crippen LogP contribution in [0, 0.1) is 0 Å². The number of ether oxygens (including phenoxy) is 2. The molecule has 0 unspecified atom stereocenters. The van der Waals surface area contributed by atoms with Gasteiger partial charge in [0.2, 0.25) is 5.91 Å². The van der Waals surface area contributed by atoms with Crippen molar-refractivity contribution in [2.45, 2.75) is 32.6 Å². The van der Waals surface area contributed by atoms with E-state index in [2.05, 4.69) is 26.2 Å². The van der Waals surface area contributed by atoms with Crippen LogP contribution < -0.4 is 14.8 Å². The second-order valence-electron chi connectivity index (χ2n) is 5.89. The first kappa shape index (κ1) is 18.9. The number of halogens is 1. The Balaban J connectivity index is 1.69. The fourth-order valence-corrected chi connectivity index (χ4v) is 4.47. The SMILES string of the molecule is CCOc1c(Br)cc(/C=C/C(=O)Nc2nc3c(s2)CCCC3)cc1OC. The van der Waals surface area contributed by atoms with Crippen LogP contribution in [0.4, 0.5) is 5.13 Å². The molecular weight excluding hydrogens is 416 g/mol. The molecular formula is C19H21BrN2O3S. The molecule has 0 spiro atoms. The summed E-state index contributed by atoms with van der Waals surface area (Å²) in [6.45, 7) is 2.46. The number of benzene rings is 1. The Hall–Kier alpha value is -1.86. The van der Waals surface area contributed by atoms with Crippen molar-refractivity contribution in [1.29, 1.82) is 0 Å². The summed E-state index contributed by atoms with van der Waals surface area (Å²) in [5, 5.41) is 3.54. The molecule has 26 heavy (non-hydrogen) atoms. The number of carbonyl (C=O) groups excluding carboxylic acids is 1. The summed E-state index contributed by atoms with van der Waals surface area (Å²) >= 11 is 5.07. The first-order valence-corrected chi connectivity index (χ1v) is 10.2. The minimum atomic E-state index is -0.194. The molecule has 3 rings (SSSR count). The largest absolute Gasteiger partial charge is 0.493 e. The molecule has 1 aromatic carbocycles. The van der Waals surface area contributed by atoms with Crippen molar-refractivity contribution in [3.8, 4) is 11.5 Å². The number of aryl methyl sites for hydroxylation is 2. The van der Waals surface area contributed by atoms with Crippen molar-refractivity contribution in [3.63, 3.8) is 0 Å². The number of anilines is 1. The molecule has 1 amide bonds. The molecule has 1 aromatic heterocycles. The summed E-state index contributed by atoms with van der Waals surface area (Å²) in [5.74, 6) is 1.08. The third-order valence-corrected chi connectivity index (χ3v) is 5.71. The first-order chi connectivity index (χ1) is 12.6. The van der Waals surface area contributed by atoms with E-state index in [-0.39, 0.29) is 5.91 Å². The van der Waals surface area contributed by atoms with Crippen LogP contribution in [-0.2, 0) is 17.6 Å². The average Bonchev–Trinajstić information content (AvgIpc) is 3.04.